The summed E-state index contributed by atoms with van der Waals surface area (Å²) in [5.74, 6) is 2.71. The Morgan fingerprint density at radius 3 is 2.10 bits per heavy atom. The van der Waals surface area contributed by atoms with E-state index in [0.717, 1.165) is 5.56 Å². The van der Waals surface area contributed by atoms with E-state index in [0.29, 0.717) is 0 Å². The highest BCUT2D eigenvalue weighted by Crippen LogP contribution is 2.63. The summed E-state index contributed by atoms with van der Waals surface area (Å²) in [5, 5.41) is 0. The van der Waals surface area contributed by atoms with Crippen molar-refractivity contribution in [2.75, 3.05) is 12.5 Å². The second kappa shape index (κ2) is 6.64. The third kappa shape index (κ3) is 2.94. The van der Waals surface area contributed by atoms with Crippen molar-refractivity contribution in [3.8, 4) is 12.3 Å². The summed E-state index contributed by atoms with van der Waals surface area (Å²) < 4.78 is 5.64. The molecule has 0 radical (unpaired) electrons. The van der Waals surface area contributed by atoms with Crippen molar-refractivity contribution in [2.45, 2.75) is 9.79 Å². The highest BCUT2D eigenvalue weighted by Gasteiger charge is 2.28. The van der Waals surface area contributed by atoms with Gasteiger partial charge in [0.1, 0.15) is 0 Å². The molecule has 0 bridgehead atoms. The summed E-state index contributed by atoms with van der Waals surface area (Å²) in [4.78, 5) is 2.61. The molecule has 1 aromatic carbocycles. The molecule has 0 unspecified atom stereocenters. The molecule has 102 valence electrons. The predicted molar refractivity (Wildman–Crippen MR) is 102 cm³/mol. The lowest BCUT2D eigenvalue weighted by molar-refractivity contribution is 1.26. The Morgan fingerprint density at radius 2 is 1.50 bits per heavy atom. The normalized spacial score (nSPS) is 17.6. The molecule has 0 N–H and O–H groups in total. The van der Waals surface area contributed by atoms with Crippen LogP contribution in [0.5, 0.6) is 0 Å². The molecule has 0 saturated carbocycles. The lowest BCUT2D eigenvalue weighted by Gasteiger charge is -2.00. The minimum Gasteiger partial charge on any atom is -0.121 e. The van der Waals surface area contributed by atoms with Crippen LogP contribution in [0.2, 0.25) is 0 Å². The first-order valence-electron chi connectivity index (χ1n) is 5.63. The lowest BCUT2D eigenvalue weighted by atomic mass is 10.2. The standard InChI is InChI=1S/C14H10S6/c1-4-8-5-6-9-10(7-8)18-13(17-9)14-19-11(15-2)12(16-3)20-14/h1,5-7H,2-3H3. The van der Waals surface area contributed by atoms with Gasteiger partial charge in [0.2, 0.25) is 0 Å². The van der Waals surface area contributed by atoms with Crippen molar-refractivity contribution < 1.29 is 0 Å². The molecule has 1 aromatic rings. The zero-order valence-electron chi connectivity index (χ0n) is 10.8. The van der Waals surface area contributed by atoms with Crippen molar-refractivity contribution in [1.29, 1.82) is 0 Å². The van der Waals surface area contributed by atoms with Crippen LogP contribution >= 0.6 is 70.6 Å². The Morgan fingerprint density at radius 1 is 0.900 bits per heavy atom. The Hall–Kier alpha value is 0.360. The van der Waals surface area contributed by atoms with E-state index in [9.17, 15) is 0 Å². The average Bonchev–Trinajstić information content (AvgIpc) is 3.09. The summed E-state index contributed by atoms with van der Waals surface area (Å²) >= 11 is 11.2. The lowest BCUT2D eigenvalue weighted by Crippen LogP contribution is -1.74. The van der Waals surface area contributed by atoms with E-state index >= 15 is 0 Å². The summed E-state index contributed by atoms with van der Waals surface area (Å²) in [6.07, 6.45) is 9.77. The van der Waals surface area contributed by atoms with Crippen molar-refractivity contribution >= 4 is 70.6 Å². The minimum absolute atomic E-state index is 0.961. The summed E-state index contributed by atoms with van der Waals surface area (Å²) in [7, 11) is 0. The van der Waals surface area contributed by atoms with Gasteiger partial charge in [0.05, 0.1) is 16.9 Å². The number of terminal acetylenes is 1. The first-order chi connectivity index (χ1) is 9.75. The molecular weight excluding hydrogens is 361 g/mol. The zero-order valence-corrected chi connectivity index (χ0v) is 15.7. The smallest absolute Gasteiger partial charge is 0.0717 e. The number of fused-ring (bicyclic) bond motifs is 1. The second-order valence-electron chi connectivity index (χ2n) is 3.77. The molecule has 0 saturated heterocycles. The van der Waals surface area contributed by atoms with Crippen LogP contribution in [-0.4, -0.2) is 12.5 Å². The molecule has 0 atom stereocenters. The topological polar surface area (TPSA) is 0 Å². The highest BCUT2D eigenvalue weighted by molar-refractivity contribution is 8.41. The fraction of sp³-hybridized carbons (Fsp3) is 0.143. The van der Waals surface area contributed by atoms with Gasteiger partial charge in [0.15, 0.2) is 0 Å². The molecule has 3 rings (SSSR count). The number of hydrogen-bond acceptors (Lipinski definition) is 6. The molecule has 20 heavy (non-hydrogen) atoms. The van der Waals surface area contributed by atoms with E-state index in [1.54, 1.807) is 0 Å². The van der Waals surface area contributed by atoms with Gasteiger partial charge in [-0.25, -0.2) is 0 Å². The molecule has 2 aliphatic heterocycles. The van der Waals surface area contributed by atoms with E-state index in [4.69, 9.17) is 6.42 Å². The van der Waals surface area contributed by atoms with Gasteiger partial charge in [-0.3, -0.25) is 0 Å². The van der Waals surface area contributed by atoms with Crippen LogP contribution in [0.1, 0.15) is 5.56 Å². The van der Waals surface area contributed by atoms with Crippen molar-refractivity contribution in [1.82, 2.24) is 0 Å². The molecule has 0 spiro atoms. The molecule has 0 fully saturated rings. The van der Waals surface area contributed by atoms with Crippen molar-refractivity contribution in [2.24, 2.45) is 0 Å². The fourth-order valence-corrected chi connectivity index (χ4v) is 9.50. The molecule has 6 heteroatoms. The zero-order chi connectivity index (χ0) is 14.1. The van der Waals surface area contributed by atoms with Gasteiger partial charge >= 0.3 is 0 Å². The summed E-state index contributed by atoms with van der Waals surface area (Å²) in [6.45, 7) is 0. The van der Waals surface area contributed by atoms with Gasteiger partial charge in [0, 0.05) is 15.4 Å². The highest BCUT2D eigenvalue weighted by atomic mass is 32.3. The molecule has 0 aromatic heterocycles. The van der Waals surface area contributed by atoms with Gasteiger partial charge < -0.3 is 0 Å². The van der Waals surface area contributed by atoms with Crippen LogP contribution in [-0.2, 0) is 0 Å². The van der Waals surface area contributed by atoms with Gasteiger partial charge in [-0.05, 0) is 30.7 Å². The molecule has 0 aliphatic carbocycles. The molecule has 2 heterocycles. The summed E-state index contributed by atoms with van der Waals surface area (Å²) in [6, 6.07) is 6.27. The third-order valence-corrected chi connectivity index (χ3v) is 10.9. The van der Waals surface area contributed by atoms with Crippen LogP contribution in [0.3, 0.4) is 0 Å². The van der Waals surface area contributed by atoms with E-state index in [-0.39, 0.29) is 0 Å². The fourth-order valence-electron chi connectivity index (χ4n) is 1.67. The monoisotopic (exact) mass is 370 g/mol. The third-order valence-electron chi connectivity index (χ3n) is 2.59. The Labute approximate surface area is 145 Å². The molecule has 0 amide bonds. The second-order valence-corrected chi connectivity index (χ2v) is 10.6. The van der Waals surface area contributed by atoms with Crippen LogP contribution in [0.15, 0.2) is 44.9 Å². The maximum atomic E-state index is 5.47. The average molecular weight is 371 g/mol. The summed E-state index contributed by atoms with van der Waals surface area (Å²) in [5.41, 5.74) is 0.961. The maximum absolute atomic E-state index is 5.47. The Bertz CT molecular complexity index is 647. The van der Waals surface area contributed by atoms with Gasteiger partial charge in [-0.15, -0.1) is 29.9 Å². The van der Waals surface area contributed by atoms with E-state index in [1.807, 2.05) is 76.6 Å². The van der Waals surface area contributed by atoms with Gasteiger partial charge in [0.25, 0.3) is 0 Å². The van der Waals surface area contributed by atoms with Crippen molar-refractivity contribution in [3.63, 3.8) is 0 Å². The van der Waals surface area contributed by atoms with E-state index < -0.39 is 0 Å². The van der Waals surface area contributed by atoms with E-state index in [1.165, 1.54) is 26.7 Å². The largest absolute Gasteiger partial charge is 0.121 e. The van der Waals surface area contributed by atoms with Crippen LogP contribution in [0.4, 0.5) is 0 Å². The number of rotatable bonds is 2. The first-order valence-corrected chi connectivity index (χ1v) is 11.3. The Kier molecular flexibility index (Phi) is 5.06. The molecule has 2 aliphatic rings. The SMILES string of the molecule is C#Cc1ccc2c(c1)SC(=C1SC(SC)=C(SC)S1)S2. The van der Waals surface area contributed by atoms with E-state index in [2.05, 4.69) is 30.6 Å². The van der Waals surface area contributed by atoms with Crippen molar-refractivity contribution in [3.05, 3.63) is 40.7 Å². The molecule has 0 nitrogen and oxygen atoms in total. The quantitative estimate of drug-likeness (QED) is 0.554. The number of hydrogen-bond donors (Lipinski definition) is 0. The Balaban J connectivity index is 1.86. The van der Waals surface area contributed by atoms with Crippen LogP contribution < -0.4 is 0 Å². The van der Waals surface area contributed by atoms with Gasteiger partial charge in [-0.1, -0.05) is 53.0 Å². The van der Waals surface area contributed by atoms with Crippen LogP contribution in [0, 0.1) is 12.3 Å². The number of benzene rings is 1. The van der Waals surface area contributed by atoms with Gasteiger partial charge in [-0.2, -0.15) is 0 Å². The predicted octanol–water partition coefficient (Wildman–Crippen LogP) is 6.32. The van der Waals surface area contributed by atoms with Crippen LogP contribution in [0.25, 0.3) is 0 Å². The first kappa shape index (κ1) is 15.3. The number of thioether (sulfide) groups is 6. The minimum atomic E-state index is 0.961. The maximum Gasteiger partial charge on any atom is 0.0717 e. The molecular formula is C14H10S6.